The molecule has 4 nitrogen and oxygen atoms in total. The van der Waals surface area contributed by atoms with Crippen molar-refractivity contribution in [2.45, 2.75) is 25.9 Å². The molecule has 0 radical (unpaired) electrons. The molecule has 0 bridgehead atoms. The van der Waals surface area contributed by atoms with Crippen molar-refractivity contribution in [3.05, 3.63) is 30.1 Å². The SMILES string of the molecule is CC[C@@H](N)C(=O)N(C)Cc1ccccn1. The van der Waals surface area contributed by atoms with Crippen molar-refractivity contribution in [1.82, 2.24) is 9.88 Å². The van der Waals surface area contributed by atoms with E-state index in [1.54, 1.807) is 18.1 Å². The molecule has 1 amide bonds. The van der Waals surface area contributed by atoms with Crippen LogP contribution in [0.25, 0.3) is 0 Å². The first kappa shape index (κ1) is 11.7. The monoisotopic (exact) mass is 207 g/mol. The van der Waals surface area contributed by atoms with Gasteiger partial charge in [-0.15, -0.1) is 0 Å². The van der Waals surface area contributed by atoms with Gasteiger partial charge < -0.3 is 10.6 Å². The Kier molecular flexibility index (Phi) is 4.24. The van der Waals surface area contributed by atoms with E-state index >= 15 is 0 Å². The van der Waals surface area contributed by atoms with Crippen LogP contribution in [0.3, 0.4) is 0 Å². The van der Waals surface area contributed by atoms with Crippen LogP contribution in [0, 0.1) is 0 Å². The predicted molar refractivity (Wildman–Crippen MR) is 59.0 cm³/mol. The van der Waals surface area contributed by atoms with Gasteiger partial charge in [-0.3, -0.25) is 9.78 Å². The number of carbonyl (C=O) groups excluding carboxylic acids is 1. The van der Waals surface area contributed by atoms with E-state index in [1.807, 2.05) is 25.1 Å². The fourth-order valence-electron chi connectivity index (χ4n) is 1.27. The predicted octanol–water partition coefficient (Wildman–Crippen LogP) is 0.777. The molecule has 1 heterocycles. The zero-order chi connectivity index (χ0) is 11.3. The normalized spacial score (nSPS) is 12.2. The molecule has 0 aliphatic rings. The third-order valence-electron chi connectivity index (χ3n) is 2.26. The molecule has 1 aromatic heterocycles. The van der Waals surface area contributed by atoms with E-state index < -0.39 is 6.04 Å². The van der Waals surface area contributed by atoms with Gasteiger partial charge in [0.1, 0.15) is 0 Å². The molecule has 0 fully saturated rings. The molecule has 82 valence electrons. The maximum absolute atomic E-state index is 11.7. The number of hydrogen-bond donors (Lipinski definition) is 1. The van der Waals surface area contributed by atoms with Gasteiger partial charge in [0.05, 0.1) is 18.3 Å². The second-order valence-corrected chi connectivity index (χ2v) is 3.53. The minimum atomic E-state index is -0.404. The summed E-state index contributed by atoms with van der Waals surface area (Å²) >= 11 is 0. The molecule has 0 aromatic carbocycles. The largest absolute Gasteiger partial charge is 0.339 e. The van der Waals surface area contributed by atoms with Gasteiger partial charge in [0.25, 0.3) is 0 Å². The number of carbonyl (C=O) groups is 1. The van der Waals surface area contributed by atoms with Crippen LogP contribution < -0.4 is 5.73 Å². The summed E-state index contributed by atoms with van der Waals surface area (Å²) in [6.45, 7) is 2.41. The zero-order valence-corrected chi connectivity index (χ0v) is 9.18. The van der Waals surface area contributed by atoms with E-state index in [4.69, 9.17) is 5.73 Å². The van der Waals surface area contributed by atoms with Gasteiger partial charge >= 0.3 is 0 Å². The van der Waals surface area contributed by atoms with Gasteiger partial charge in [0.2, 0.25) is 5.91 Å². The summed E-state index contributed by atoms with van der Waals surface area (Å²) in [5.41, 5.74) is 6.53. The van der Waals surface area contributed by atoms with Crippen LogP contribution >= 0.6 is 0 Å². The summed E-state index contributed by atoms with van der Waals surface area (Å²) in [6.07, 6.45) is 2.37. The lowest BCUT2D eigenvalue weighted by Gasteiger charge is -2.19. The summed E-state index contributed by atoms with van der Waals surface area (Å²) in [7, 11) is 1.74. The van der Waals surface area contributed by atoms with Crippen molar-refractivity contribution in [3.8, 4) is 0 Å². The summed E-state index contributed by atoms with van der Waals surface area (Å²) < 4.78 is 0. The molecule has 0 spiro atoms. The quantitative estimate of drug-likeness (QED) is 0.793. The van der Waals surface area contributed by atoms with E-state index in [1.165, 1.54) is 0 Å². The second-order valence-electron chi connectivity index (χ2n) is 3.53. The second kappa shape index (κ2) is 5.46. The third-order valence-corrected chi connectivity index (χ3v) is 2.26. The van der Waals surface area contributed by atoms with E-state index in [9.17, 15) is 4.79 Å². The highest BCUT2D eigenvalue weighted by Crippen LogP contribution is 2.01. The highest BCUT2D eigenvalue weighted by atomic mass is 16.2. The van der Waals surface area contributed by atoms with Crippen LogP contribution in [0.2, 0.25) is 0 Å². The lowest BCUT2D eigenvalue weighted by atomic mass is 10.2. The molecule has 2 N–H and O–H groups in total. The van der Waals surface area contributed by atoms with Gasteiger partial charge in [-0.05, 0) is 18.6 Å². The lowest BCUT2D eigenvalue weighted by molar-refractivity contribution is -0.131. The molecule has 1 rings (SSSR count). The average molecular weight is 207 g/mol. The van der Waals surface area contributed by atoms with Crippen molar-refractivity contribution >= 4 is 5.91 Å². The van der Waals surface area contributed by atoms with E-state index in [0.717, 1.165) is 5.69 Å². The first-order valence-electron chi connectivity index (χ1n) is 5.05. The molecule has 0 aliphatic heterocycles. The highest BCUT2D eigenvalue weighted by Gasteiger charge is 2.16. The Morgan fingerprint density at radius 3 is 2.87 bits per heavy atom. The Hall–Kier alpha value is -1.42. The molecule has 0 saturated carbocycles. The van der Waals surface area contributed by atoms with Gasteiger partial charge in [0.15, 0.2) is 0 Å². The number of likely N-dealkylation sites (N-methyl/N-ethyl adjacent to an activating group) is 1. The van der Waals surface area contributed by atoms with Crippen molar-refractivity contribution in [2.24, 2.45) is 5.73 Å². The van der Waals surface area contributed by atoms with E-state index in [0.29, 0.717) is 13.0 Å². The van der Waals surface area contributed by atoms with Gasteiger partial charge in [0, 0.05) is 13.2 Å². The number of rotatable bonds is 4. The van der Waals surface area contributed by atoms with Crippen LogP contribution in [-0.4, -0.2) is 28.9 Å². The van der Waals surface area contributed by atoms with Crippen LogP contribution in [0.1, 0.15) is 19.0 Å². The standard InChI is InChI=1S/C11H17N3O/c1-3-10(12)11(15)14(2)8-9-6-4-5-7-13-9/h4-7,10H,3,8,12H2,1-2H3/t10-/m1/s1. The average Bonchev–Trinajstić information content (AvgIpc) is 2.28. The maximum Gasteiger partial charge on any atom is 0.239 e. The number of pyridine rings is 1. The Morgan fingerprint density at radius 1 is 1.60 bits per heavy atom. The minimum absolute atomic E-state index is 0.0387. The third kappa shape index (κ3) is 3.32. The first-order valence-corrected chi connectivity index (χ1v) is 5.05. The topological polar surface area (TPSA) is 59.2 Å². The van der Waals surface area contributed by atoms with Gasteiger partial charge in [-0.25, -0.2) is 0 Å². The van der Waals surface area contributed by atoms with Gasteiger partial charge in [-0.2, -0.15) is 0 Å². The van der Waals surface area contributed by atoms with E-state index in [-0.39, 0.29) is 5.91 Å². The molecule has 0 aliphatic carbocycles. The number of aromatic nitrogens is 1. The number of hydrogen-bond acceptors (Lipinski definition) is 3. The smallest absolute Gasteiger partial charge is 0.239 e. The van der Waals surface area contributed by atoms with Crippen molar-refractivity contribution in [3.63, 3.8) is 0 Å². The molecule has 0 saturated heterocycles. The number of amides is 1. The molecule has 1 aromatic rings. The van der Waals surface area contributed by atoms with Crippen LogP contribution in [0.15, 0.2) is 24.4 Å². The Balaban J connectivity index is 2.56. The first-order chi connectivity index (χ1) is 7.15. The Morgan fingerprint density at radius 2 is 2.33 bits per heavy atom. The molecule has 4 heteroatoms. The lowest BCUT2D eigenvalue weighted by Crippen LogP contribution is -2.41. The Labute approximate surface area is 90.1 Å². The minimum Gasteiger partial charge on any atom is -0.339 e. The summed E-state index contributed by atoms with van der Waals surface area (Å²) in [5.74, 6) is -0.0387. The van der Waals surface area contributed by atoms with Crippen LogP contribution in [0.5, 0.6) is 0 Å². The van der Waals surface area contributed by atoms with Gasteiger partial charge in [-0.1, -0.05) is 13.0 Å². The van der Waals surface area contributed by atoms with Crippen molar-refractivity contribution < 1.29 is 4.79 Å². The molecular formula is C11H17N3O. The summed E-state index contributed by atoms with van der Waals surface area (Å²) in [6, 6.07) is 5.24. The highest BCUT2D eigenvalue weighted by molar-refractivity contribution is 5.81. The fraction of sp³-hybridized carbons (Fsp3) is 0.455. The van der Waals surface area contributed by atoms with E-state index in [2.05, 4.69) is 4.98 Å². The maximum atomic E-state index is 11.7. The summed E-state index contributed by atoms with van der Waals surface area (Å²) in [5, 5.41) is 0. The van der Waals surface area contributed by atoms with Crippen LogP contribution in [0.4, 0.5) is 0 Å². The number of nitrogens with zero attached hydrogens (tertiary/aromatic N) is 2. The number of nitrogens with two attached hydrogens (primary N) is 1. The van der Waals surface area contributed by atoms with Crippen LogP contribution in [-0.2, 0) is 11.3 Å². The molecule has 1 atom stereocenters. The molecule has 15 heavy (non-hydrogen) atoms. The Bertz CT molecular complexity index is 313. The molecular weight excluding hydrogens is 190 g/mol. The fourth-order valence-corrected chi connectivity index (χ4v) is 1.27. The molecule has 0 unspecified atom stereocenters. The zero-order valence-electron chi connectivity index (χ0n) is 9.18. The van der Waals surface area contributed by atoms with Crippen molar-refractivity contribution in [2.75, 3.05) is 7.05 Å². The van der Waals surface area contributed by atoms with Crippen molar-refractivity contribution in [1.29, 1.82) is 0 Å². The summed E-state index contributed by atoms with van der Waals surface area (Å²) in [4.78, 5) is 17.4.